The lowest BCUT2D eigenvalue weighted by atomic mass is 9.82. The molecular formula is C36H51ClN10O4. The summed E-state index contributed by atoms with van der Waals surface area (Å²) in [6.07, 6.45) is 6.52. The molecule has 1 saturated carbocycles. The molecule has 4 heterocycles. The van der Waals surface area contributed by atoms with Crippen molar-refractivity contribution >= 4 is 29.2 Å². The highest BCUT2D eigenvalue weighted by atomic mass is 35.5. The van der Waals surface area contributed by atoms with E-state index in [0.29, 0.717) is 74.5 Å². The normalized spacial score (nSPS) is 19.6. The number of halogens is 1. The van der Waals surface area contributed by atoms with E-state index in [1.807, 2.05) is 58.9 Å². The van der Waals surface area contributed by atoms with Gasteiger partial charge in [0, 0.05) is 56.1 Å². The zero-order chi connectivity index (χ0) is 36.4. The number of nitrogens with one attached hydrogen (secondary N) is 3. The van der Waals surface area contributed by atoms with Crippen LogP contribution >= 0.6 is 11.6 Å². The van der Waals surface area contributed by atoms with Gasteiger partial charge in [0.1, 0.15) is 18.2 Å². The van der Waals surface area contributed by atoms with Crippen molar-refractivity contribution in [3.8, 4) is 17.3 Å². The molecule has 0 radical (unpaired) electrons. The van der Waals surface area contributed by atoms with Gasteiger partial charge in [-0.3, -0.25) is 4.79 Å². The Labute approximate surface area is 305 Å². The quantitative estimate of drug-likeness (QED) is 0.127. The van der Waals surface area contributed by atoms with Crippen molar-refractivity contribution in [2.24, 2.45) is 16.7 Å². The topological polar surface area (TPSA) is 174 Å². The minimum Gasteiger partial charge on any atom is -0.437 e. The first-order valence-electron chi connectivity index (χ1n) is 17.9. The smallest absolute Gasteiger partial charge is 0.313 e. The molecule has 1 aliphatic heterocycles. The molecule has 0 bridgehead atoms. The summed E-state index contributed by atoms with van der Waals surface area (Å²) < 4.78 is 16.9. The third kappa shape index (κ3) is 10.8. The standard InChI is InChI=1S/C36H51ClN10O4/c1-24(2)33(51-34(48)35(3,4)5)47-45-32(44-46-47)21-50-18-15-39-25-9-11-26(12-10-25)42-31-19-27(28(37)20-40-31)29-7-6-8-30(43-29)41-23-36(22-38)13-16-49-17-14-36/h6-8,19-20,24-26,33,39H,9-18,21,23H2,1-5H3,(H,40,42)(H,41,43)/t25-,26-,33-/m1/s1. The summed E-state index contributed by atoms with van der Waals surface area (Å²) >= 11 is 6.60. The summed E-state index contributed by atoms with van der Waals surface area (Å²) in [6, 6.07) is 10.9. The van der Waals surface area contributed by atoms with Crippen molar-refractivity contribution < 1.29 is 19.0 Å². The lowest BCUT2D eigenvalue weighted by Crippen LogP contribution is -2.38. The van der Waals surface area contributed by atoms with Crippen LogP contribution in [0.3, 0.4) is 0 Å². The van der Waals surface area contributed by atoms with Gasteiger partial charge in [-0.05, 0) is 82.7 Å². The SMILES string of the molecule is CC(C)[C@@H](OC(=O)C(C)(C)C)n1nnc(COCCN[C@H]2CC[C@H](Nc3cc(-c4cccc(NCC5(C#N)CCOCC5)n4)c(Cl)cn3)CC2)n1. The van der Waals surface area contributed by atoms with Crippen LogP contribution in [0.15, 0.2) is 30.5 Å². The second kappa shape index (κ2) is 17.5. The summed E-state index contributed by atoms with van der Waals surface area (Å²) in [5.41, 5.74) is 0.470. The van der Waals surface area contributed by atoms with Crippen molar-refractivity contribution in [1.82, 2.24) is 35.5 Å². The molecule has 1 saturated heterocycles. The molecule has 0 unspecified atom stereocenters. The average molecular weight is 723 g/mol. The zero-order valence-electron chi connectivity index (χ0n) is 30.3. The first kappa shape index (κ1) is 38.3. The van der Waals surface area contributed by atoms with Crippen molar-refractivity contribution in [2.75, 3.05) is 43.5 Å². The number of rotatable bonds is 15. The number of tetrazole rings is 1. The molecule has 51 heavy (non-hydrogen) atoms. The molecule has 0 spiro atoms. The van der Waals surface area contributed by atoms with E-state index in [1.165, 1.54) is 4.80 Å². The van der Waals surface area contributed by atoms with Crippen LogP contribution in [-0.2, 0) is 25.6 Å². The largest absolute Gasteiger partial charge is 0.437 e. The van der Waals surface area contributed by atoms with Gasteiger partial charge in [0.05, 0.1) is 34.2 Å². The fourth-order valence-corrected chi connectivity index (χ4v) is 6.25. The van der Waals surface area contributed by atoms with Gasteiger partial charge in [-0.1, -0.05) is 31.5 Å². The van der Waals surface area contributed by atoms with Crippen molar-refractivity contribution in [1.29, 1.82) is 5.26 Å². The Morgan fingerprint density at radius 1 is 1.16 bits per heavy atom. The Hall–Kier alpha value is -3.90. The van der Waals surface area contributed by atoms with Crippen LogP contribution in [0.25, 0.3) is 11.3 Å². The van der Waals surface area contributed by atoms with Crippen molar-refractivity contribution in [3.05, 3.63) is 41.3 Å². The van der Waals surface area contributed by atoms with E-state index in [-0.39, 0.29) is 18.5 Å². The third-order valence-corrected chi connectivity index (χ3v) is 9.57. The molecule has 0 amide bonds. The number of aromatic nitrogens is 6. The van der Waals surface area contributed by atoms with E-state index < -0.39 is 17.1 Å². The number of carbonyl (C=O) groups excluding carboxylic acids is 1. The monoisotopic (exact) mass is 722 g/mol. The first-order valence-corrected chi connectivity index (χ1v) is 18.3. The maximum atomic E-state index is 12.4. The van der Waals surface area contributed by atoms with Crippen LogP contribution in [0, 0.1) is 28.1 Å². The highest BCUT2D eigenvalue weighted by molar-refractivity contribution is 6.33. The van der Waals surface area contributed by atoms with Gasteiger partial charge in [0.2, 0.25) is 12.1 Å². The summed E-state index contributed by atoms with van der Waals surface area (Å²) in [6.45, 7) is 12.5. The van der Waals surface area contributed by atoms with Crippen LogP contribution in [0.1, 0.15) is 85.2 Å². The number of pyridine rings is 2. The summed E-state index contributed by atoms with van der Waals surface area (Å²) in [7, 11) is 0. The molecule has 15 heteroatoms. The van der Waals surface area contributed by atoms with E-state index >= 15 is 0 Å². The second-order valence-electron chi connectivity index (χ2n) is 14.8. The number of carbonyl (C=O) groups is 1. The Kier molecular flexibility index (Phi) is 13.2. The molecule has 3 aromatic rings. The van der Waals surface area contributed by atoms with E-state index in [1.54, 1.807) is 6.20 Å². The Bertz CT molecular complexity index is 1620. The molecule has 5 rings (SSSR count). The highest BCUT2D eigenvalue weighted by Gasteiger charge is 2.33. The molecule has 2 fully saturated rings. The van der Waals surface area contributed by atoms with Gasteiger partial charge >= 0.3 is 5.97 Å². The van der Waals surface area contributed by atoms with Gasteiger partial charge in [0.25, 0.3) is 0 Å². The summed E-state index contributed by atoms with van der Waals surface area (Å²) in [5.74, 6) is 1.57. The number of esters is 1. The van der Waals surface area contributed by atoms with Gasteiger partial charge in [-0.15, -0.1) is 15.0 Å². The summed E-state index contributed by atoms with van der Waals surface area (Å²) in [5, 5.41) is 33.5. The minimum absolute atomic E-state index is 0.0236. The molecule has 2 aliphatic rings. The predicted molar refractivity (Wildman–Crippen MR) is 194 cm³/mol. The second-order valence-corrected chi connectivity index (χ2v) is 15.2. The Morgan fingerprint density at radius 2 is 1.90 bits per heavy atom. The number of ether oxygens (including phenoxy) is 3. The third-order valence-electron chi connectivity index (χ3n) is 9.27. The van der Waals surface area contributed by atoms with Crippen LogP contribution in [0.2, 0.25) is 5.02 Å². The fourth-order valence-electron chi connectivity index (χ4n) is 6.05. The van der Waals surface area contributed by atoms with Gasteiger partial charge in [-0.2, -0.15) is 5.26 Å². The number of hydrogen-bond donors (Lipinski definition) is 3. The van der Waals surface area contributed by atoms with E-state index in [9.17, 15) is 10.1 Å². The molecule has 14 nitrogen and oxygen atoms in total. The number of nitriles is 1. The van der Waals surface area contributed by atoms with E-state index in [2.05, 4.69) is 42.4 Å². The maximum Gasteiger partial charge on any atom is 0.313 e. The molecule has 3 aromatic heterocycles. The van der Waals surface area contributed by atoms with Crippen molar-refractivity contribution in [2.45, 2.75) is 98.1 Å². The van der Waals surface area contributed by atoms with E-state index in [0.717, 1.165) is 42.8 Å². The molecular weight excluding hydrogens is 672 g/mol. The molecule has 1 atom stereocenters. The average Bonchev–Trinajstić information content (AvgIpc) is 3.59. The lowest BCUT2D eigenvalue weighted by Gasteiger charge is -2.30. The van der Waals surface area contributed by atoms with Gasteiger partial charge < -0.3 is 30.2 Å². The molecule has 1 aliphatic carbocycles. The van der Waals surface area contributed by atoms with Crippen LogP contribution in [0.5, 0.6) is 0 Å². The Morgan fingerprint density at radius 3 is 2.61 bits per heavy atom. The zero-order valence-corrected chi connectivity index (χ0v) is 31.1. The maximum absolute atomic E-state index is 12.4. The molecule has 276 valence electrons. The fraction of sp³-hybridized carbons (Fsp3) is 0.639. The van der Waals surface area contributed by atoms with Crippen LogP contribution in [-0.4, -0.2) is 81.1 Å². The molecule has 3 N–H and O–H groups in total. The van der Waals surface area contributed by atoms with Gasteiger partial charge in [0.15, 0.2) is 0 Å². The number of hydrogen-bond acceptors (Lipinski definition) is 13. The van der Waals surface area contributed by atoms with Gasteiger partial charge in [-0.25, -0.2) is 9.97 Å². The molecule has 0 aromatic carbocycles. The Balaban J connectivity index is 1.03. The van der Waals surface area contributed by atoms with Crippen LogP contribution < -0.4 is 16.0 Å². The minimum atomic E-state index is -0.634. The number of anilines is 2. The first-order chi connectivity index (χ1) is 24.4. The van der Waals surface area contributed by atoms with Crippen molar-refractivity contribution in [3.63, 3.8) is 0 Å². The van der Waals surface area contributed by atoms with Crippen LogP contribution in [0.4, 0.5) is 11.6 Å². The summed E-state index contributed by atoms with van der Waals surface area (Å²) in [4.78, 5) is 23.1. The lowest BCUT2D eigenvalue weighted by molar-refractivity contribution is -0.169. The highest BCUT2D eigenvalue weighted by Crippen LogP contribution is 2.32. The predicted octanol–water partition coefficient (Wildman–Crippen LogP) is 5.79. The van der Waals surface area contributed by atoms with E-state index in [4.69, 9.17) is 30.8 Å². The number of nitrogens with zero attached hydrogens (tertiary/aromatic N) is 7.